The number of anilines is 2. The number of rotatable bonds is 7. The smallest absolute Gasteiger partial charge is 0.249 e. The third kappa shape index (κ3) is 5.16. The Kier molecular flexibility index (Phi) is 6.42. The number of nitrogens with zero attached hydrogens (tertiary/aromatic N) is 3. The van der Waals surface area contributed by atoms with Crippen molar-refractivity contribution in [2.75, 3.05) is 21.6 Å². The van der Waals surface area contributed by atoms with Gasteiger partial charge in [-0.15, -0.1) is 10.2 Å². The molecule has 0 saturated carbocycles. The van der Waals surface area contributed by atoms with E-state index in [4.69, 9.17) is 0 Å². The van der Waals surface area contributed by atoms with Crippen LogP contribution in [-0.4, -0.2) is 42.6 Å². The molecule has 0 radical (unpaired) electrons. The lowest BCUT2D eigenvalue weighted by Crippen LogP contribution is -2.45. The Hall–Kier alpha value is -1.65. The molecule has 7 nitrogen and oxygen atoms in total. The van der Waals surface area contributed by atoms with Crippen molar-refractivity contribution < 1.29 is 13.2 Å². The minimum absolute atomic E-state index is 0.352. The second-order valence-corrected chi connectivity index (χ2v) is 9.72. The first-order valence-electron chi connectivity index (χ1n) is 7.55. The number of nitrogens with one attached hydrogen (secondary N) is 1. The zero-order valence-electron chi connectivity index (χ0n) is 14.4. The van der Waals surface area contributed by atoms with Gasteiger partial charge in [-0.3, -0.25) is 14.4 Å². The summed E-state index contributed by atoms with van der Waals surface area (Å²) >= 11 is 2.79. The molecule has 1 unspecified atom stereocenters. The van der Waals surface area contributed by atoms with Crippen molar-refractivity contribution in [3.63, 3.8) is 0 Å². The normalized spacial score (nSPS) is 12.6. The lowest BCUT2D eigenvalue weighted by molar-refractivity contribution is -0.116. The first kappa shape index (κ1) is 19.7. The number of thioether (sulfide) groups is 1. The quantitative estimate of drug-likeness (QED) is 0.567. The fourth-order valence-electron chi connectivity index (χ4n) is 2.23. The molecule has 0 aliphatic rings. The molecule has 0 aliphatic carbocycles. The minimum atomic E-state index is -3.64. The molecule has 1 atom stereocenters. The molecule has 10 heteroatoms. The van der Waals surface area contributed by atoms with Crippen molar-refractivity contribution in [3.8, 4) is 0 Å². The van der Waals surface area contributed by atoms with Crippen molar-refractivity contribution in [2.24, 2.45) is 0 Å². The summed E-state index contributed by atoms with van der Waals surface area (Å²) < 4.78 is 26.4. The van der Waals surface area contributed by atoms with Crippen LogP contribution in [-0.2, 0) is 14.8 Å². The lowest BCUT2D eigenvalue weighted by atomic mass is 10.2. The van der Waals surface area contributed by atoms with Crippen molar-refractivity contribution >= 4 is 49.8 Å². The summed E-state index contributed by atoms with van der Waals surface area (Å²) in [5.41, 5.74) is 1.36. The van der Waals surface area contributed by atoms with E-state index in [-0.39, 0.29) is 0 Å². The number of hydrogen-bond acceptors (Lipinski definition) is 7. The summed E-state index contributed by atoms with van der Waals surface area (Å²) in [6.45, 7) is 5.41. The highest BCUT2D eigenvalue weighted by Gasteiger charge is 2.29. The number of benzene rings is 1. The Bertz CT molecular complexity index is 851. The highest BCUT2D eigenvalue weighted by atomic mass is 32.2. The Labute approximate surface area is 155 Å². The summed E-state index contributed by atoms with van der Waals surface area (Å²) in [7, 11) is -3.64. The van der Waals surface area contributed by atoms with Crippen LogP contribution >= 0.6 is 23.1 Å². The van der Waals surface area contributed by atoms with Crippen LogP contribution < -0.4 is 9.62 Å². The fraction of sp³-hybridized carbons (Fsp3) is 0.400. The standard InChI is InChI=1S/C15H20N4O3S3/c1-5-23-15-18-17-14(24-15)16-13(20)11(3)19(25(4,21)22)12-8-6-7-10(2)9-12/h6-9,11H,5H2,1-4H3,(H,16,17,20). The van der Waals surface area contributed by atoms with Gasteiger partial charge in [0.2, 0.25) is 21.1 Å². The zero-order valence-corrected chi connectivity index (χ0v) is 16.8. The van der Waals surface area contributed by atoms with E-state index in [2.05, 4.69) is 15.5 Å². The number of sulfonamides is 1. The monoisotopic (exact) mass is 400 g/mol. The summed E-state index contributed by atoms with van der Waals surface area (Å²) in [5.74, 6) is 0.393. The van der Waals surface area contributed by atoms with E-state index in [1.807, 2.05) is 19.9 Å². The molecule has 1 aromatic heterocycles. The van der Waals surface area contributed by atoms with Gasteiger partial charge in [-0.2, -0.15) is 0 Å². The first-order chi connectivity index (χ1) is 11.7. The number of aromatic nitrogens is 2. The van der Waals surface area contributed by atoms with E-state index >= 15 is 0 Å². The van der Waals surface area contributed by atoms with E-state index in [0.717, 1.165) is 26.2 Å². The van der Waals surface area contributed by atoms with E-state index in [1.165, 1.54) is 23.1 Å². The van der Waals surface area contributed by atoms with E-state index in [0.29, 0.717) is 10.8 Å². The zero-order chi connectivity index (χ0) is 18.6. The Balaban J connectivity index is 2.23. The van der Waals surface area contributed by atoms with Crippen molar-refractivity contribution in [1.29, 1.82) is 0 Å². The van der Waals surface area contributed by atoms with Crippen LogP contribution in [0.3, 0.4) is 0 Å². The Morgan fingerprint density at radius 2 is 2.12 bits per heavy atom. The van der Waals surface area contributed by atoms with Crippen molar-refractivity contribution in [3.05, 3.63) is 29.8 Å². The average Bonchev–Trinajstić information content (AvgIpc) is 2.93. The van der Waals surface area contributed by atoms with Crippen LogP contribution in [0, 0.1) is 6.92 Å². The molecule has 0 fully saturated rings. The van der Waals surface area contributed by atoms with Gasteiger partial charge < -0.3 is 0 Å². The van der Waals surface area contributed by atoms with Gasteiger partial charge in [-0.1, -0.05) is 42.2 Å². The number of hydrogen-bond donors (Lipinski definition) is 1. The van der Waals surface area contributed by atoms with Gasteiger partial charge in [0, 0.05) is 0 Å². The predicted octanol–water partition coefficient (Wildman–Crippen LogP) is 2.75. The SMILES string of the molecule is CCSc1nnc(NC(=O)C(C)N(c2cccc(C)c2)S(C)(=O)=O)s1. The molecular weight excluding hydrogens is 380 g/mol. The highest BCUT2D eigenvalue weighted by Crippen LogP contribution is 2.26. The molecule has 136 valence electrons. The molecule has 1 aromatic carbocycles. The first-order valence-corrected chi connectivity index (χ1v) is 11.2. The van der Waals surface area contributed by atoms with E-state index in [9.17, 15) is 13.2 Å². The lowest BCUT2D eigenvalue weighted by Gasteiger charge is -2.28. The van der Waals surface area contributed by atoms with E-state index in [1.54, 1.807) is 25.1 Å². The van der Waals surface area contributed by atoms with Crippen LogP contribution in [0.4, 0.5) is 10.8 Å². The molecule has 2 aromatic rings. The largest absolute Gasteiger partial charge is 0.299 e. The van der Waals surface area contributed by atoms with Gasteiger partial charge in [0.15, 0.2) is 4.34 Å². The molecule has 1 amide bonds. The third-order valence-electron chi connectivity index (χ3n) is 3.25. The molecule has 0 bridgehead atoms. The molecular formula is C15H20N4O3S3. The molecule has 1 N–H and O–H groups in total. The summed E-state index contributed by atoms with van der Waals surface area (Å²) in [4.78, 5) is 12.5. The van der Waals surface area contributed by atoms with Crippen LogP contribution in [0.15, 0.2) is 28.6 Å². The molecule has 0 spiro atoms. The molecule has 2 rings (SSSR count). The summed E-state index contributed by atoms with van der Waals surface area (Å²) in [6.07, 6.45) is 1.08. The second kappa shape index (κ2) is 8.15. The van der Waals surface area contributed by atoms with Gasteiger partial charge in [-0.25, -0.2) is 8.42 Å². The fourth-order valence-corrected chi connectivity index (χ4v) is 5.04. The van der Waals surface area contributed by atoms with Crippen LogP contribution in [0.2, 0.25) is 0 Å². The highest BCUT2D eigenvalue weighted by molar-refractivity contribution is 8.01. The third-order valence-corrected chi connectivity index (χ3v) is 6.34. The number of amides is 1. The summed E-state index contributed by atoms with van der Waals surface area (Å²) in [5, 5.41) is 10.9. The second-order valence-electron chi connectivity index (χ2n) is 5.37. The Morgan fingerprint density at radius 3 is 2.72 bits per heavy atom. The van der Waals surface area contributed by atoms with Gasteiger partial charge >= 0.3 is 0 Å². The van der Waals surface area contributed by atoms with Crippen LogP contribution in [0.25, 0.3) is 0 Å². The van der Waals surface area contributed by atoms with Gasteiger partial charge in [0.1, 0.15) is 6.04 Å². The maximum atomic E-state index is 12.5. The van der Waals surface area contributed by atoms with Crippen molar-refractivity contribution in [1.82, 2.24) is 10.2 Å². The number of aryl methyl sites for hydroxylation is 1. The van der Waals surface area contributed by atoms with Crippen LogP contribution in [0.5, 0.6) is 0 Å². The maximum absolute atomic E-state index is 12.5. The van der Waals surface area contributed by atoms with Gasteiger partial charge in [-0.05, 0) is 37.3 Å². The average molecular weight is 401 g/mol. The van der Waals surface area contributed by atoms with Gasteiger partial charge in [0.05, 0.1) is 11.9 Å². The predicted molar refractivity (Wildman–Crippen MR) is 103 cm³/mol. The number of carbonyl (C=O) groups excluding carboxylic acids is 1. The maximum Gasteiger partial charge on any atom is 0.249 e. The van der Waals surface area contributed by atoms with E-state index < -0.39 is 22.0 Å². The minimum Gasteiger partial charge on any atom is -0.299 e. The van der Waals surface area contributed by atoms with Crippen molar-refractivity contribution in [2.45, 2.75) is 31.2 Å². The van der Waals surface area contributed by atoms with Crippen LogP contribution in [0.1, 0.15) is 19.4 Å². The molecule has 25 heavy (non-hydrogen) atoms. The number of carbonyl (C=O) groups is 1. The molecule has 1 heterocycles. The van der Waals surface area contributed by atoms with Gasteiger partial charge in [0.25, 0.3) is 0 Å². The topological polar surface area (TPSA) is 92.3 Å². The summed E-state index contributed by atoms with van der Waals surface area (Å²) in [6, 6.07) is 6.09. The molecule has 0 saturated heterocycles. The molecule has 0 aliphatic heterocycles. The Morgan fingerprint density at radius 1 is 1.40 bits per heavy atom.